The second-order valence-corrected chi connectivity index (χ2v) is 5.38. The van der Waals surface area contributed by atoms with E-state index in [1.807, 2.05) is 6.20 Å². The zero-order chi connectivity index (χ0) is 15.4. The van der Waals surface area contributed by atoms with Crippen LogP contribution in [-0.4, -0.2) is 47.4 Å². The standard InChI is InChI=1S/C14H16ClFN4O2/c15-11-7-10(16)1-2-14(11)22-6-4-17-12-8-21-9-13(12)20-5-3-18-19-20/h1-3,5,7,12-13,17H,4,6,8-9H2/t12-,13+/m1/s1. The van der Waals surface area contributed by atoms with Crippen LogP contribution in [0.15, 0.2) is 30.6 Å². The van der Waals surface area contributed by atoms with Crippen molar-refractivity contribution in [2.24, 2.45) is 0 Å². The SMILES string of the molecule is Fc1ccc(OCCN[C@@H]2COC[C@@H]2n2ccnn2)c(Cl)c1. The fraction of sp³-hybridized carbons (Fsp3) is 0.429. The molecule has 1 saturated heterocycles. The van der Waals surface area contributed by atoms with Crippen LogP contribution in [0.1, 0.15) is 6.04 Å². The Morgan fingerprint density at radius 3 is 3.14 bits per heavy atom. The molecule has 22 heavy (non-hydrogen) atoms. The molecule has 2 aromatic rings. The van der Waals surface area contributed by atoms with Crippen LogP contribution in [-0.2, 0) is 4.74 Å². The van der Waals surface area contributed by atoms with E-state index in [4.69, 9.17) is 21.1 Å². The molecule has 118 valence electrons. The minimum atomic E-state index is -0.380. The van der Waals surface area contributed by atoms with Crippen LogP contribution >= 0.6 is 11.6 Å². The molecule has 1 aliphatic rings. The van der Waals surface area contributed by atoms with Crippen molar-refractivity contribution in [1.82, 2.24) is 20.3 Å². The van der Waals surface area contributed by atoms with Crippen LogP contribution in [0.2, 0.25) is 5.02 Å². The van der Waals surface area contributed by atoms with Gasteiger partial charge in [-0.25, -0.2) is 9.07 Å². The van der Waals surface area contributed by atoms with Gasteiger partial charge in [0, 0.05) is 12.7 Å². The number of hydrogen-bond acceptors (Lipinski definition) is 5. The lowest BCUT2D eigenvalue weighted by Gasteiger charge is -2.19. The average molecular weight is 327 g/mol. The summed E-state index contributed by atoms with van der Waals surface area (Å²) in [6, 6.07) is 4.34. The molecule has 8 heteroatoms. The molecule has 0 bridgehead atoms. The molecule has 0 amide bonds. The number of benzene rings is 1. The van der Waals surface area contributed by atoms with Crippen LogP contribution in [0.4, 0.5) is 4.39 Å². The second kappa shape index (κ2) is 7.04. The van der Waals surface area contributed by atoms with Crippen LogP contribution in [0.25, 0.3) is 0 Å². The zero-order valence-corrected chi connectivity index (χ0v) is 12.5. The van der Waals surface area contributed by atoms with E-state index in [2.05, 4.69) is 15.6 Å². The maximum absolute atomic E-state index is 12.9. The first-order chi connectivity index (χ1) is 10.7. The Kier molecular flexibility index (Phi) is 4.87. The van der Waals surface area contributed by atoms with Crippen LogP contribution in [0, 0.1) is 5.82 Å². The highest BCUT2D eigenvalue weighted by molar-refractivity contribution is 6.32. The molecule has 1 aromatic carbocycles. The Bertz CT molecular complexity index is 611. The minimum absolute atomic E-state index is 0.122. The summed E-state index contributed by atoms with van der Waals surface area (Å²) in [5.74, 6) is 0.0922. The molecule has 3 rings (SSSR count). The van der Waals surface area contributed by atoms with Gasteiger partial charge in [0.25, 0.3) is 0 Å². The highest BCUT2D eigenvalue weighted by atomic mass is 35.5. The average Bonchev–Trinajstić information content (AvgIpc) is 3.16. The van der Waals surface area contributed by atoms with E-state index in [1.54, 1.807) is 10.9 Å². The number of aromatic nitrogens is 3. The zero-order valence-electron chi connectivity index (χ0n) is 11.8. The number of nitrogens with zero attached hydrogens (tertiary/aromatic N) is 3. The van der Waals surface area contributed by atoms with Crippen molar-refractivity contribution in [3.8, 4) is 5.75 Å². The molecule has 6 nitrogen and oxygen atoms in total. The first-order valence-electron chi connectivity index (χ1n) is 6.99. The molecule has 1 aromatic heterocycles. The Morgan fingerprint density at radius 2 is 2.36 bits per heavy atom. The summed E-state index contributed by atoms with van der Waals surface area (Å²) in [6.45, 7) is 2.26. The summed E-state index contributed by atoms with van der Waals surface area (Å²) in [5.41, 5.74) is 0. The predicted molar refractivity (Wildman–Crippen MR) is 78.6 cm³/mol. The summed E-state index contributed by atoms with van der Waals surface area (Å²) in [5, 5.41) is 11.5. The molecular formula is C14H16ClFN4O2. The molecular weight excluding hydrogens is 311 g/mol. The molecule has 0 spiro atoms. The number of ether oxygens (including phenoxy) is 2. The third-order valence-corrected chi connectivity index (χ3v) is 3.79. The van der Waals surface area contributed by atoms with Crippen LogP contribution in [0.5, 0.6) is 5.75 Å². The first-order valence-corrected chi connectivity index (χ1v) is 7.36. The van der Waals surface area contributed by atoms with Gasteiger partial charge < -0.3 is 14.8 Å². The lowest BCUT2D eigenvalue weighted by molar-refractivity contribution is 0.180. The Hall–Kier alpha value is -1.70. The van der Waals surface area contributed by atoms with Gasteiger partial charge in [0.1, 0.15) is 18.2 Å². The number of halogens is 2. The lowest BCUT2D eigenvalue weighted by atomic mass is 10.2. The van der Waals surface area contributed by atoms with Crippen molar-refractivity contribution in [2.45, 2.75) is 12.1 Å². The van der Waals surface area contributed by atoms with Gasteiger partial charge in [-0.3, -0.25) is 0 Å². The quantitative estimate of drug-likeness (QED) is 0.818. The molecule has 0 radical (unpaired) electrons. The van der Waals surface area contributed by atoms with Crippen molar-refractivity contribution in [3.05, 3.63) is 41.4 Å². The highest BCUT2D eigenvalue weighted by Crippen LogP contribution is 2.24. The van der Waals surface area contributed by atoms with Crippen molar-refractivity contribution in [1.29, 1.82) is 0 Å². The Labute approximate surface area is 132 Å². The normalized spacial score (nSPS) is 21.2. The molecule has 1 aliphatic heterocycles. The van der Waals surface area contributed by atoms with Gasteiger partial charge in [0.05, 0.1) is 36.5 Å². The van der Waals surface area contributed by atoms with E-state index < -0.39 is 0 Å². The molecule has 0 aliphatic carbocycles. The van der Waals surface area contributed by atoms with Gasteiger partial charge >= 0.3 is 0 Å². The Balaban J connectivity index is 1.46. The van der Waals surface area contributed by atoms with E-state index >= 15 is 0 Å². The molecule has 2 heterocycles. The maximum atomic E-state index is 12.9. The lowest BCUT2D eigenvalue weighted by Crippen LogP contribution is -2.39. The second-order valence-electron chi connectivity index (χ2n) is 4.97. The molecule has 0 unspecified atom stereocenters. The summed E-state index contributed by atoms with van der Waals surface area (Å²) in [4.78, 5) is 0. The molecule has 0 saturated carbocycles. The van der Waals surface area contributed by atoms with Gasteiger partial charge in [-0.2, -0.15) is 0 Å². The van der Waals surface area contributed by atoms with Gasteiger partial charge in [0.15, 0.2) is 0 Å². The predicted octanol–water partition coefficient (Wildman–Crippen LogP) is 1.68. The fourth-order valence-corrected chi connectivity index (χ4v) is 2.61. The van der Waals surface area contributed by atoms with E-state index in [0.717, 1.165) is 0 Å². The van der Waals surface area contributed by atoms with Gasteiger partial charge in [-0.15, -0.1) is 5.10 Å². The van der Waals surface area contributed by atoms with Crippen molar-refractivity contribution in [3.63, 3.8) is 0 Å². The van der Waals surface area contributed by atoms with Crippen LogP contribution in [0.3, 0.4) is 0 Å². The largest absolute Gasteiger partial charge is 0.491 e. The van der Waals surface area contributed by atoms with Crippen molar-refractivity contribution in [2.75, 3.05) is 26.4 Å². The number of rotatable bonds is 6. The van der Waals surface area contributed by atoms with E-state index in [-0.39, 0.29) is 22.9 Å². The molecule has 2 atom stereocenters. The molecule has 1 fully saturated rings. The summed E-state index contributed by atoms with van der Waals surface area (Å²) >= 11 is 5.90. The van der Waals surface area contributed by atoms with Crippen molar-refractivity contribution >= 4 is 11.6 Å². The van der Waals surface area contributed by atoms with E-state index in [1.165, 1.54) is 18.2 Å². The fourth-order valence-electron chi connectivity index (χ4n) is 2.39. The smallest absolute Gasteiger partial charge is 0.138 e. The summed E-state index contributed by atoms with van der Waals surface area (Å²) in [6.07, 6.45) is 3.47. The number of nitrogens with one attached hydrogen (secondary N) is 1. The number of hydrogen-bond donors (Lipinski definition) is 1. The minimum Gasteiger partial charge on any atom is -0.491 e. The summed E-state index contributed by atoms with van der Waals surface area (Å²) < 4.78 is 25.8. The monoisotopic (exact) mass is 326 g/mol. The van der Waals surface area contributed by atoms with Gasteiger partial charge in [-0.05, 0) is 18.2 Å². The summed E-state index contributed by atoms with van der Waals surface area (Å²) in [7, 11) is 0. The van der Waals surface area contributed by atoms with Crippen LogP contribution < -0.4 is 10.1 Å². The van der Waals surface area contributed by atoms with Gasteiger partial charge in [-0.1, -0.05) is 16.8 Å². The third-order valence-electron chi connectivity index (χ3n) is 3.49. The van der Waals surface area contributed by atoms with E-state index in [9.17, 15) is 4.39 Å². The first kappa shape index (κ1) is 15.2. The van der Waals surface area contributed by atoms with Crippen molar-refractivity contribution < 1.29 is 13.9 Å². The Morgan fingerprint density at radius 1 is 1.45 bits per heavy atom. The third kappa shape index (κ3) is 3.55. The topological polar surface area (TPSA) is 61.2 Å². The van der Waals surface area contributed by atoms with Gasteiger partial charge in [0.2, 0.25) is 0 Å². The highest BCUT2D eigenvalue weighted by Gasteiger charge is 2.29. The maximum Gasteiger partial charge on any atom is 0.138 e. The van der Waals surface area contributed by atoms with E-state index in [0.29, 0.717) is 32.1 Å². The molecule has 1 N–H and O–H groups in total.